The Balaban J connectivity index is 2.00. The lowest BCUT2D eigenvalue weighted by Crippen LogP contribution is -2.21. The lowest BCUT2D eigenvalue weighted by Gasteiger charge is -2.14. The Kier molecular flexibility index (Phi) is 5.60. The predicted octanol–water partition coefficient (Wildman–Crippen LogP) is 3.87. The Morgan fingerprint density at radius 2 is 1.92 bits per heavy atom. The number of aromatic nitrogens is 3. The van der Waals surface area contributed by atoms with Crippen LogP contribution >= 0.6 is 11.6 Å². The first-order valence-electron chi connectivity index (χ1n) is 7.94. The van der Waals surface area contributed by atoms with Crippen LogP contribution in [0.5, 0.6) is 0 Å². The Morgan fingerprint density at radius 3 is 2.65 bits per heavy atom. The van der Waals surface area contributed by atoms with Crippen LogP contribution in [0.15, 0.2) is 48.8 Å². The highest BCUT2D eigenvalue weighted by Crippen LogP contribution is 2.26. The molecule has 26 heavy (non-hydrogen) atoms. The van der Waals surface area contributed by atoms with Crippen LogP contribution in [0, 0.1) is 5.82 Å². The Morgan fingerprint density at radius 1 is 1.15 bits per heavy atom. The molecular weight excluding hydrogens is 357 g/mol. The summed E-state index contributed by atoms with van der Waals surface area (Å²) >= 11 is 5.94. The number of halogens is 2. The van der Waals surface area contributed by atoms with Crippen molar-refractivity contribution in [2.24, 2.45) is 0 Å². The molecule has 0 aliphatic heterocycles. The fourth-order valence-corrected chi connectivity index (χ4v) is 2.42. The van der Waals surface area contributed by atoms with E-state index in [0.717, 1.165) is 5.56 Å². The van der Waals surface area contributed by atoms with Crippen molar-refractivity contribution >= 4 is 29.1 Å². The summed E-state index contributed by atoms with van der Waals surface area (Å²) in [6.45, 7) is 1.72. The standard InChI is InChI=1S/C18H17ClFN5O/c1-11(10-26)22-18-24-15(12-4-6-21-7-5-12)9-17(25-18)23-16-8-13(19)2-3-14(16)20/h2-9,11,26H,10H2,1H3,(H2,22,23,24,25)/t11-/m1/s1. The normalized spacial score (nSPS) is 11.8. The van der Waals surface area contributed by atoms with Crippen LogP contribution in [0.1, 0.15) is 6.92 Å². The quantitative estimate of drug-likeness (QED) is 0.608. The number of hydrogen-bond donors (Lipinski definition) is 3. The lowest BCUT2D eigenvalue weighted by atomic mass is 10.2. The van der Waals surface area contributed by atoms with E-state index in [1.807, 2.05) is 12.1 Å². The zero-order chi connectivity index (χ0) is 18.5. The van der Waals surface area contributed by atoms with Gasteiger partial charge in [0, 0.05) is 35.1 Å². The van der Waals surface area contributed by atoms with Crippen molar-refractivity contribution in [3.8, 4) is 11.3 Å². The highest BCUT2D eigenvalue weighted by Gasteiger charge is 2.11. The third kappa shape index (κ3) is 4.44. The van der Waals surface area contributed by atoms with Gasteiger partial charge in [0.05, 0.1) is 18.0 Å². The second-order valence-electron chi connectivity index (χ2n) is 5.68. The van der Waals surface area contributed by atoms with Gasteiger partial charge in [-0.2, -0.15) is 4.98 Å². The van der Waals surface area contributed by atoms with Crippen LogP contribution in [0.3, 0.4) is 0 Å². The van der Waals surface area contributed by atoms with E-state index in [9.17, 15) is 9.50 Å². The molecule has 8 heteroatoms. The maximum absolute atomic E-state index is 14.0. The molecule has 1 atom stereocenters. The fraction of sp³-hybridized carbons (Fsp3) is 0.167. The van der Waals surface area contributed by atoms with E-state index < -0.39 is 5.82 Å². The molecule has 0 fully saturated rings. The first-order chi connectivity index (χ1) is 12.5. The molecule has 2 aromatic heterocycles. The lowest BCUT2D eigenvalue weighted by molar-refractivity contribution is 0.281. The molecule has 0 spiro atoms. The molecule has 0 amide bonds. The minimum atomic E-state index is -0.447. The summed E-state index contributed by atoms with van der Waals surface area (Å²) in [6.07, 6.45) is 3.31. The van der Waals surface area contributed by atoms with Gasteiger partial charge in [0.25, 0.3) is 0 Å². The summed E-state index contributed by atoms with van der Waals surface area (Å²) in [5, 5.41) is 15.6. The molecule has 0 saturated heterocycles. The molecule has 0 radical (unpaired) electrons. The molecule has 0 bridgehead atoms. The number of rotatable bonds is 6. The molecule has 3 aromatic rings. The summed E-state index contributed by atoms with van der Waals surface area (Å²) < 4.78 is 14.0. The largest absolute Gasteiger partial charge is 0.394 e. The van der Waals surface area contributed by atoms with E-state index >= 15 is 0 Å². The summed E-state index contributed by atoms with van der Waals surface area (Å²) in [6, 6.07) is 9.32. The Labute approximate surface area is 155 Å². The molecule has 0 aliphatic carbocycles. The van der Waals surface area contributed by atoms with Crippen LogP contribution < -0.4 is 10.6 Å². The van der Waals surface area contributed by atoms with Crippen LogP contribution in [0.25, 0.3) is 11.3 Å². The van der Waals surface area contributed by atoms with Crippen molar-refractivity contribution in [1.29, 1.82) is 0 Å². The van der Waals surface area contributed by atoms with Crippen LogP contribution in [0.2, 0.25) is 5.02 Å². The van der Waals surface area contributed by atoms with Crippen molar-refractivity contribution in [1.82, 2.24) is 15.0 Å². The van der Waals surface area contributed by atoms with E-state index in [-0.39, 0.29) is 18.3 Å². The van der Waals surface area contributed by atoms with E-state index in [0.29, 0.717) is 22.5 Å². The van der Waals surface area contributed by atoms with Crippen LogP contribution in [-0.2, 0) is 0 Å². The monoisotopic (exact) mass is 373 g/mol. The van der Waals surface area contributed by atoms with Crippen LogP contribution in [-0.4, -0.2) is 32.7 Å². The van der Waals surface area contributed by atoms with Crippen molar-refractivity contribution in [3.63, 3.8) is 0 Å². The van der Waals surface area contributed by atoms with E-state index in [4.69, 9.17) is 11.6 Å². The molecular formula is C18H17ClFN5O. The molecule has 3 rings (SSSR count). The fourth-order valence-electron chi connectivity index (χ4n) is 2.24. The van der Waals surface area contributed by atoms with E-state index in [1.54, 1.807) is 25.4 Å². The minimum absolute atomic E-state index is 0.0749. The van der Waals surface area contributed by atoms with Gasteiger partial charge in [-0.05, 0) is 37.3 Å². The number of hydrogen-bond acceptors (Lipinski definition) is 6. The second-order valence-corrected chi connectivity index (χ2v) is 6.11. The number of pyridine rings is 1. The highest BCUT2D eigenvalue weighted by atomic mass is 35.5. The number of aliphatic hydroxyl groups is 1. The Bertz CT molecular complexity index is 894. The smallest absolute Gasteiger partial charge is 0.225 e. The number of nitrogens with one attached hydrogen (secondary N) is 2. The van der Waals surface area contributed by atoms with Gasteiger partial charge >= 0.3 is 0 Å². The van der Waals surface area contributed by atoms with Gasteiger partial charge < -0.3 is 15.7 Å². The minimum Gasteiger partial charge on any atom is -0.394 e. The van der Waals surface area contributed by atoms with Gasteiger partial charge in [-0.15, -0.1) is 0 Å². The summed E-state index contributed by atoms with van der Waals surface area (Å²) in [5.41, 5.74) is 1.66. The number of benzene rings is 1. The molecule has 0 aliphatic rings. The number of aliphatic hydroxyl groups excluding tert-OH is 1. The molecule has 6 nitrogen and oxygen atoms in total. The van der Waals surface area contributed by atoms with E-state index in [2.05, 4.69) is 25.6 Å². The van der Waals surface area contributed by atoms with Gasteiger partial charge in [-0.25, -0.2) is 9.37 Å². The highest BCUT2D eigenvalue weighted by molar-refractivity contribution is 6.30. The van der Waals surface area contributed by atoms with Crippen molar-refractivity contribution in [2.75, 3.05) is 17.2 Å². The van der Waals surface area contributed by atoms with Crippen molar-refractivity contribution in [2.45, 2.75) is 13.0 Å². The summed E-state index contributed by atoms with van der Waals surface area (Å²) in [7, 11) is 0. The molecule has 0 saturated carbocycles. The molecule has 2 heterocycles. The first kappa shape index (κ1) is 18.0. The molecule has 3 N–H and O–H groups in total. The predicted molar refractivity (Wildman–Crippen MR) is 100 cm³/mol. The van der Waals surface area contributed by atoms with Crippen molar-refractivity contribution < 1.29 is 9.50 Å². The number of nitrogens with zero attached hydrogens (tertiary/aromatic N) is 3. The van der Waals surface area contributed by atoms with Gasteiger partial charge in [0.1, 0.15) is 11.6 Å². The zero-order valence-electron chi connectivity index (χ0n) is 13.9. The topological polar surface area (TPSA) is 83.0 Å². The van der Waals surface area contributed by atoms with Crippen LogP contribution in [0.4, 0.5) is 21.8 Å². The van der Waals surface area contributed by atoms with E-state index in [1.165, 1.54) is 18.2 Å². The third-order valence-electron chi connectivity index (χ3n) is 3.54. The van der Waals surface area contributed by atoms with Crippen molar-refractivity contribution in [3.05, 3.63) is 59.6 Å². The van der Waals surface area contributed by atoms with Gasteiger partial charge in [0.15, 0.2) is 0 Å². The third-order valence-corrected chi connectivity index (χ3v) is 3.78. The average molecular weight is 374 g/mol. The Hall–Kier alpha value is -2.77. The first-order valence-corrected chi connectivity index (χ1v) is 8.32. The average Bonchev–Trinajstić information content (AvgIpc) is 2.65. The molecule has 1 aromatic carbocycles. The molecule has 0 unspecified atom stereocenters. The molecule has 134 valence electrons. The SMILES string of the molecule is C[C@H](CO)Nc1nc(Nc2cc(Cl)ccc2F)cc(-c2ccncc2)n1. The number of anilines is 3. The summed E-state index contributed by atoms with van der Waals surface area (Å²) in [4.78, 5) is 12.8. The maximum Gasteiger partial charge on any atom is 0.225 e. The maximum atomic E-state index is 14.0. The van der Waals surface area contributed by atoms with Gasteiger partial charge in [-0.3, -0.25) is 4.98 Å². The zero-order valence-corrected chi connectivity index (χ0v) is 14.7. The van der Waals surface area contributed by atoms with Gasteiger partial charge in [0.2, 0.25) is 5.95 Å². The summed E-state index contributed by atoms with van der Waals surface area (Å²) in [5.74, 6) is 0.253. The van der Waals surface area contributed by atoms with Gasteiger partial charge in [-0.1, -0.05) is 11.6 Å². The second kappa shape index (κ2) is 8.07.